The molecule has 6 rings (SSSR count). The third kappa shape index (κ3) is 4.85. The fourth-order valence-corrected chi connectivity index (χ4v) is 6.64. The number of hydrogen-bond acceptors (Lipinski definition) is 6. The van der Waals surface area contributed by atoms with Crippen molar-refractivity contribution in [2.24, 2.45) is 0 Å². The Morgan fingerprint density at radius 1 is 0.973 bits per heavy atom. The van der Waals surface area contributed by atoms with Crippen molar-refractivity contribution in [1.29, 1.82) is 0 Å². The number of carbonyl (C=O) groups excluding carboxylic acids is 3. The van der Waals surface area contributed by atoms with E-state index in [0.717, 1.165) is 50.1 Å². The second-order valence-corrected chi connectivity index (χ2v) is 11.2. The third-order valence-electron chi connectivity index (χ3n) is 8.86. The van der Waals surface area contributed by atoms with Gasteiger partial charge >= 0.3 is 0 Å². The van der Waals surface area contributed by atoms with Gasteiger partial charge in [-0.3, -0.25) is 29.5 Å². The van der Waals surface area contributed by atoms with Crippen molar-refractivity contribution in [3.8, 4) is 5.75 Å². The number of nitrogens with zero attached hydrogens (tertiary/aromatic N) is 3. The lowest BCUT2D eigenvalue weighted by Gasteiger charge is -2.52. The summed E-state index contributed by atoms with van der Waals surface area (Å²) in [6, 6.07) is 5.55. The summed E-state index contributed by atoms with van der Waals surface area (Å²) in [6.45, 7) is 3.07. The van der Waals surface area contributed by atoms with Crippen LogP contribution in [0.2, 0.25) is 0 Å². The van der Waals surface area contributed by atoms with E-state index in [0.29, 0.717) is 43.7 Å². The van der Waals surface area contributed by atoms with E-state index < -0.39 is 17.9 Å². The topological polar surface area (TPSA) is 82.2 Å². The summed E-state index contributed by atoms with van der Waals surface area (Å²) < 4.78 is 33.6. The minimum atomic E-state index is -2.51. The summed E-state index contributed by atoms with van der Waals surface area (Å²) >= 11 is 0. The number of benzene rings is 1. The van der Waals surface area contributed by atoms with Crippen molar-refractivity contribution >= 4 is 17.7 Å². The first-order valence-electron chi connectivity index (χ1n) is 13.6. The van der Waals surface area contributed by atoms with E-state index in [-0.39, 0.29) is 37.2 Å². The smallest absolute Gasteiger partial charge is 0.255 e. The highest BCUT2D eigenvalue weighted by Gasteiger charge is 2.44. The Bertz CT molecular complexity index is 1080. The summed E-state index contributed by atoms with van der Waals surface area (Å²) in [5.74, 6) is -2.68. The lowest BCUT2D eigenvalue weighted by Crippen LogP contribution is -2.66. The quantitative estimate of drug-likeness (QED) is 0.606. The number of halogens is 2. The van der Waals surface area contributed by atoms with Crippen LogP contribution in [0.5, 0.6) is 5.75 Å². The first-order chi connectivity index (χ1) is 17.8. The third-order valence-corrected chi connectivity index (χ3v) is 8.86. The van der Waals surface area contributed by atoms with Crippen LogP contribution in [-0.2, 0) is 16.1 Å². The second kappa shape index (κ2) is 9.62. The number of piperidine rings is 2. The molecule has 4 aliphatic heterocycles. The summed E-state index contributed by atoms with van der Waals surface area (Å²) in [7, 11) is 0. The van der Waals surface area contributed by atoms with Gasteiger partial charge in [0, 0.05) is 69.6 Å². The number of alkyl halides is 2. The maximum Gasteiger partial charge on any atom is 0.255 e. The molecule has 1 aromatic rings. The average molecular weight is 517 g/mol. The van der Waals surface area contributed by atoms with Gasteiger partial charge in [-0.25, -0.2) is 8.78 Å². The molecule has 1 aliphatic carbocycles. The maximum atomic E-state index is 13.5. The molecular weight excluding hydrogens is 482 g/mol. The Kier molecular flexibility index (Phi) is 6.43. The minimum Gasteiger partial charge on any atom is -0.489 e. The van der Waals surface area contributed by atoms with E-state index in [1.54, 1.807) is 11.0 Å². The fraction of sp³-hybridized carbons (Fsp3) is 0.667. The highest BCUT2D eigenvalue weighted by Crippen LogP contribution is 2.35. The Labute approximate surface area is 215 Å². The van der Waals surface area contributed by atoms with Crippen LogP contribution in [-0.4, -0.2) is 88.8 Å². The number of carbonyl (C=O) groups is 3. The molecule has 1 N–H and O–H groups in total. The van der Waals surface area contributed by atoms with Crippen molar-refractivity contribution in [3.05, 3.63) is 29.3 Å². The van der Waals surface area contributed by atoms with Gasteiger partial charge in [0.1, 0.15) is 17.9 Å². The largest absolute Gasteiger partial charge is 0.489 e. The molecule has 37 heavy (non-hydrogen) atoms. The van der Waals surface area contributed by atoms with Crippen LogP contribution in [0.15, 0.2) is 18.2 Å². The van der Waals surface area contributed by atoms with Gasteiger partial charge in [-0.05, 0) is 49.4 Å². The average Bonchev–Trinajstić information content (AvgIpc) is 3.15. The molecule has 5 aliphatic rings. The van der Waals surface area contributed by atoms with Gasteiger partial charge in [-0.2, -0.15) is 0 Å². The number of hydrogen-bond donors (Lipinski definition) is 1. The number of ether oxygens (including phenoxy) is 1. The van der Waals surface area contributed by atoms with Crippen LogP contribution in [0, 0.1) is 0 Å². The van der Waals surface area contributed by atoms with Crippen molar-refractivity contribution in [3.63, 3.8) is 0 Å². The molecule has 0 spiro atoms. The zero-order chi connectivity index (χ0) is 25.7. The van der Waals surface area contributed by atoms with Gasteiger partial charge in [0.05, 0.1) is 0 Å². The second-order valence-electron chi connectivity index (χ2n) is 11.2. The SMILES string of the molecule is O=C1CCC(N2Cc3cc(O[C@@H]4CCCC[C@H]4N4CC(N5CCC(F)(F)CC5)C4)ccc3C2=O)C(=O)N1. The molecule has 1 unspecified atom stereocenters. The molecule has 3 amide bonds. The standard InChI is InChI=1S/C27H34F2N4O4/c28-27(29)9-11-31(12-10-27)18-15-32(16-18)21-3-1-2-4-23(21)37-19-5-6-20-17(13-19)14-33(26(20)36)22-7-8-24(34)30-25(22)35/h5-6,13,18,21-23H,1-4,7-12,14-16H2,(H,30,34,35)/t21-,22?,23-/m1/s1. The number of rotatable bonds is 5. The lowest BCUT2D eigenvalue weighted by molar-refractivity contribution is -0.136. The van der Waals surface area contributed by atoms with Crippen molar-refractivity contribution in [1.82, 2.24) is 20.0 Å². The molecule has 10 heteroatoms. The first-order valence-corrected chi connectivity index (χ1v) is 13.6. The highest BCUT2D eigenvalue weighted by atomic mass is 19.3. The van der Waals surface area contributed by atoms with Gasteiger partial charge in [0.2, 0.25) is 11.8 Å². The molecule has 0 aromatic heterocycles. The number of nitrogens with one attached hydrogen (secondary N) is 1. The van der Waals surface area contributed by atoms with E-state index in [1.165, 1.54) is 0 Å². The minimum absolute atomic E-state index is 0.0412. The highest BCUT2D eigenvalue weighted by molar-refractivity contribution is 6.05. The first kappa shape index (κ1) is 24.7. The van der Waals surface area contributed by atoms with Crippen LogP contribution in [0.4, 0.5) is 8.78 Å². The van der Waals surface area contributed by atoms with Gasteiger partial charge in [-0.15, -0.1) is 0 Å². The zero-order valence-corrected chi connectivity index (χ0v) is 21.0. The van der Waals surface area contributed by atoms with Crippen LogP contribution in [0.3, 0.4) is 0 Å². The summed E-state index contributed by atoms with van der Waals surface area (Å²) in [6.07, 6.45) is 4.81. The van der Waals surface area contributed by atoms with Crippen LogP contribution >= 0.6 is 0 Å². The molecule has 1 aromatic carbocycles. The van der Waals surface area contributed by atoms with Crippen LogP contribution in [0.25, 0.3) is 0 Å². The summed E-state index contributed by atoms with van der Waals surface area (Å²) in [4.78, 5) is 43.0. The molecule has 8 nitrogen and oxygen atoms in total. The van der Waals surface area contributed by atoms with Crippen molar-refractivity contribution in [2.45, 2.75) is 88.1 Å². The van der Waals surface area contributed by atoms with Gasteiger partial charge in [-0.1, -0.05) is 6.42 Å². The molecule has 0 bridgehead atoms. The van der Waals surface area contributed by atoms with Crippen LogP contribution < -0.4 is 10.1 Å². The predicted molar refractivity (Wildman–Crippen MR) is 130 cm³/mol. The lowest BCUT2D eigenvalue weighted by atomic mass is 9.88. The molecule has 0 radical (unpaired) electrons. The summed E-state index contributed by atoms with van der Waals surface area (Å²) in [5.41, 5.74) is 1.42. The number of likely N-dealkylation sites (tertiary alicyclic amines) is 2. The number of imide groups is 1. The molecule has 200 valence electrons. The maximum absolute atomic E-state index is 13.5. The van der Waals surface area contributed by atoms with Gasteiger partial charge in [0.15, 0.2) is 0 Å². The van der Waals surface area contributed by atoms with E-state index >= 15 is 0 Å². The number of fused-ring (bicyclic) bond motifs is 1. The predicted octanol–water partition coefficient (Wildman–Crippen LogP) is 2.55. The van der Waals surface area contributed by atoms with Gasteiger partial charge in [0.25, 0.3) is 11.8 Å². The Morgan fingerprint density at radius 3 is 2.49 bits per heavy atom. The molecule has 3 atom stereocenters. The molecule has 3 saturated heterocycles. The van der Waals surface area contributed by atoms with Gasteiger partial charge < -0.3 is 9.64 Å². The normalized spacial score (nSPS) is 31.1. The van der Waals surface area contributed by atoms with E-state index in [2.05, 4.69) is 15.1 Å². The van der Waals surface area contributed by atoms with E-state index in [9.17, 15) is 23.2 Å². The molecular formula is C27H34F2N4O4. The van der Waals surface area contributed by atoms with E-state index in [4.69, 9.17) is 4.74 Å². The fourth-order valence-electron chi connectivity index (χ4n) is 6.64. The Balaban J connectivity index is 1.08. The molecule has 4 heterocycles. The monoisotopic (exact) mass is 516 g/mol. The van der Waals surface area contributed by atoms with Crippen molar-refractivity contribution in [2.75, 3.05) is 26.2 Å². The summed E-state index contributed by atoms with van der Waals surface area (Å²) in [5, 5.41) is 2.34. The number of amides is 3. The molecule has 4 fully saturated rings. The van der Waals surface area contributed by atoms with Crippen molar-refractivity contribution < 1.29 is 27.9 Å². The zero-order valence-electron chi connectivity index (χ0n) is 21.0. The molecule has 1 saturated carbocycles. The Morgan fingerprint density at radius 2 is 1.73 bits per heavy atom. The van der Waals surface area contributed by atoms with Crippen LogP contribution in [0.1, 0.15) is 67.3 Å². The van der Waals surface area contributed by atoms with E-state index in [1.807, 2.05) is 12.1 Å². The Hall–Kier alpha value is -2.59.